The maximum Gasteiger partial charge on any atom is 0.356 e. The lowest BCUT2D eigenvalue weighted by atomic mass is 10.1. The summed E-state index contributed by atoms with van der Waals surface area (Å²) in [6, 6.07) is 3.37. The van der Waals surface area contributed by atoms with E-state index in [1.54, 1.807) is 26.0 Å². The Morgan fingerprint density at radius 1 is 1.13 bits per heavy atom. The van der Waals surface area contributed by atoms with Gasteiger partial charge < -0.3 is 19.7 Å². The number of aromatic nitrogens is 2. The highest BCUT2D eigenvalue weighted by molar-refractivity contribution is 5.90. The molecular formula is C16H18N2O5. The lowest BCUT2D eigenvalue weighted by Gasteiger charge is -2.16. The first-order valence-corrected chi connectivity index (χ1v) is 7.46. The van der Waals surface area contributed by atoms with Gasteiger partial charge in [0.15, 0.2) is 17.2 Å². The SMILES string of the molecule is CC1(C)Oc2cc3nc(CCCCO)c(C(=O)O)nc3cc2O1. The number of aliphatic hydroxyl groups excluding tert-OH is 1. The average molecular weight is 318 g/mol. The molecular weight excluding hydrogens is 300 g/mol. The van der Waals surface area contributed by atoms with Crippen molar-refractivity contribution in [2.75, 3.05) is 6.61 Å². The molecule has 1 aliphatic heterocycles. The van der Waals surface area contributed by atoms with Crippen molar-refractivity contribution in [3.05, 3.63) is 23.5 Å². The predicted molar refractivity (Wildman–Crippen MR) is 81.9 cm³/mol. The van der Waals surface area contributed by atoms with E-state index in [0.29, 0.717) is 47.5 Å². The van der Waals surface area contributed by atoms with Crippen LogP contribution in [0.25, 0.3) is 11.0 Å². The van der Waals surface area contributed by atoms with E-state index in [1.807, 2.05) is 0 Å². The van der Waals surface area contributed by atoms with Crippen LogP contribution in [0.5, 0.6) is 11.5 Å². The van der Waals surface area contributed by atoms with Crippen LogP contribution in [0.1, 0.15) is 42.9 Å². The summed E-state index contributed by atoms with van der Waals surface area (Å²) in [4.78, 5) is 20.1. The molecule has 0 fully saturated rings. The molecule has 1 aliphatic rings. The minimum absolute atomic E-state index is 0.0615. The summed E-state index contributed by atoms with van der Waals surface area (Å²) in [5, 5.41) is 18.2. The van der Waals surface area contributed by atoms with Crippen LogP contribution in [0.4, 0.5) is 0 Å². The Bertz CT molecular complexity index is 773. The van der Waals surface area contributed by atoms with Crippen LogP contribution < -0.4 is 9.47 Å². The predicted octanol–water partition coefficient (Wildman–Crippen LogP) is 2.15. The summed E-state index contributed by atoms with van der Waals surface area (Å²) in [7, 11) is 0. The fourth-order valence-corrected chi connectivity index (χ4v) is 2.56. The lowest BCUT2D eigenvalue weighted by molar-refractivity contribution is -0.0431. The minimum atomic E-state index is -1.11. The third-order valence-electron chi connectivity index (χ3n) is 3.54. The van der Waals surface area contributed by atoms with E-state index in [-0.39, 0.29) is 12.3 Å². The maximum absolute atomic E-state index is 11.4. The van der Waals surface area contributed by atoms with Gasteiger partial charge in [-0.3, -0.25) is 0 Å². The molecule has 2 N–H and O–H groups in total. The van der Waals surface area contributed by atoms with Gasteiger partial charge in [0, 0.05) is 32.6 Å². The van der Waals surface area contributed by atoms with E-state index in [2.05, 4.69) is 9.97 Å². The summed E-state index contributed by atoms with van der Waals surface area (Å²) in [5.41, 5.74) is 1.37. The highest BCUT2D eigenvalue weighted by atomic mass is 16.7. The summed E-state index contributed by atoms with van der Waals surface area (Å²) < 4.78 is 11.3. The monoisotopic (exact) mass is 318 g/mol. The van der Waals surface area contributed by atoms with Crippen LogP contribution in [-0.4, -0.2) is 38.5 Å². The quantitative estimate of drug-likeness (QED) is 0.814. The number of benzene rings is 1. The molecule has 0 spiro atoms. The zero-order chi connectivity index (χ0) is 16.6. The third-order valence-corrected chi connectivity index (χ3v) is 3.54. The van der Waals surface area contributed by atoms with E-state index in [1.165, 1.54) is 0 Å². The molecule has 0 bridgehead atoms. The molecule has 0 saturated carbocycles. The molecule has 1 aromatic carbocycles. The van der Waals surface area contributed by atoms with Crippen LogP contribution in [0.3, 0.4) is 0 Å². The van der Waals surface area contributed by atoms with E-state index < -0.39 is 11.8 Å². The van der Waals surface area contributed by atoms with Crippen LogP contribution in [0.2, 0.25) is 0 Å². The van der Waals surface area contributed by atoms with Gasteiger partial charge in [-0.1, -0.05) is 0 Å². The summed E-state index contributed by atoms with van der Waals surface area (Å²) in [6.07, 6.45) is 1.69. The van der Waals surface area contributed by atoms with Gasteiger partial charge >= 0.3 is 5.97 Å². The van der Waals surface area contributed by atoms with Gasteiger partial charge in [-0.15, -0.1) is 0 Å². The standard InChI is InChI=1S/C16H18N2O5/c1-16(2)22-12-7-10-11(8-13(12)23-16)18-14(15(20)21)9(17-10)5-3-4-6-19/h7-8,19H,3-6H2,1-2H3,(H,20,21). The summed E-state index contributed by atoms with van der Waals surface area (Å²) in [5.74, 6) is -0.780. The van der Waals surface area contributed by atoms with E-state index >= 15 is 0 Å². The number of aromatic carboxylic acids is 1. The highest BCUT2D eigenvalue weighted by Gasteiger charge is 2.32. The molecule has 122 valence electrons. The van der Waals surface area contributed by atoms with Crippen molar-refractivity contribution in [1.82, 2.24) is 9.97 Å². The number of carboxylic acids is 1. The molecule has 0 amide bonds. The molecule has 2 aromatic rings. The Morgan fingerprint density at radius 3 is 2.30 bits per heavy atom. The number of hydrogen-bond donors (Lipinski definition) is 2. The summed E-state index contributed by atoms with van der Waals surface area (Å²) >= 11 is 0. The van der Waals surface area contributed by atoms with Crippen LogP contribution >= 0.6 is 0 Å². The van der Waals surface area contributed by atoms with Crippen molar-refractivity contribution >= 4 is 17.0 Å². The van der Waals surface area contributed by atoms with Gasteiger partial charge in [-0.05, 0) is 19.3 Å². The van der Waals surface area contributed by atoms with Gasteiger partial charge in [-0.2, -0.15) is 0 Å². The molecule has 23 heavy (non-hydrogen) atoms. The number of rotatable bonds is 5. The molecule has 0 unspecified atom stereocenters. The van der Waals surface area contributed by atoms with E-state index in [9.17, 15) is 9.90 Å². The molecule has 0 atom stereocenters. The van der Waals surface area contributed by atoms with Gasteiger partial charge in [0.05, 0.1) is 16.7 Å². The number of carboxylic acid groups (broad SMARTS) is 1. The van der Waals surface area contributed by atoms with Gasteiger partial charge in [0.1, 0.15) is 0 Å². The fraction of sp³-hybridized carbons (Fsp3) is 0.438. The van der Waals surface area contributed by atoms with Crippen LogP contribution in [0, 0.1) is 0 Å². The van der Waals surface area contributed by atoms with Gasteiger partial charge in [0.25, 0.3) is 0 Å². The van der Waals surface area contributed by atoms with E-state index in [0.717, 1.165) is 0 Å². The minimum Gasteiger partial charge on any atom is -0.476 e. The number of aryl methyl sites for hydroxylation is 1. The first kappa shape index (κ1) is 15.5. The average Bonchev–Trinajstić information content (AvgIpc) is 2.76. The number of carbonyl (C=O) groups is 1. The normalized spacial score (nSPS) is 15.1. The Balaban J connectivity index is 2.05. The maximum atomic E-state index is 11.4. The van der Waals surface area contributed by atoms with Gasteiger partial charge in [0.2, 0.25) is 5.79 Å². The molecule has 3 rings (SSSR count). The van der Waals surface area contributed by atoms with Crippen LogP contribution in [0.15, 0.2) is 12.1 Å². The number of ether oxygens (including phenoxy) is 2. The fourth-order valence-electron chi connectivity index (χ4n) is 2.56. The molecule has 7 heteroatoms. The molecule has 0 radical (unpaired) electrons. The highest BCUT2D eigenvalue weighted by Crippen LogP contribution is 2.41. The van der Waals surface area contributed by atoms with E-state index in [4.69, 9.17) is 14.6 Å². The number of nitrogens with zero attached hydrogens (tertiary/aromatic N) is 2. The van der Waals surface area contributed by atoms with Gasteiger partial charge in [-0.25, -0.2) is 14.8 Å². The second-order valence-corrected chi connectivity index (χ2v) is 5.90. The molecule has 7 nitrogen and oxygen atoms in total. The number of aliphatic hydroxyl groups is 1. The summed E-state index contributed by atoms with van der Waals surface area (Å²) in [6.45, 7) is 3.65. The molecule has 0 aliphatic carbocycles. The van der Waals surface area contributed by atoms with Crippen molar-refractivity contribution in [3.8, 4) is 11.5 Å². The Labute approximate surface area is 132 Å². The zero-order valence-electron chi connectivity index (χ0n) is 13.0. The van der Waals surface area contributed by atoms with Crippen molar-refractivity contribution in [2.45, 2.75) is 38.9 Å². The van der Waals surface area contributed by atoms with Crippen molar-refractivity contribution in [3.63, 3.8) is 0 Å². The number of hydrogen-bond acceptors (Lipinski definition) is 6. The first-order chi connectivity index (χ1) is 10.9. The largest absolute Gasteiger partial charge is 0.476 e. The topological polar surface area (TPSA) is 102 Å². The molecule has 1 aromatic heterocycles. The number of fused-ring (bicyclic) bond motifs is 2. The zero-order valence-corrected chi connectivity index (χ0v) is 13.0. The first-order valence-electron chi connectivity index (χ1n) is 7.46. The Hall–Kier alpha value is -2.41. The Kier molecular flexibility index (Phi) is 3.81. The second-order valence-electron chi connectivity index (χ2n) is 5.90. The van der Waals surface area contributed by atoms with Crippen molar-refractivity contribution in [1.29, 1.82) is 0 Å². The van der Waals surface area contributed by atoms with Crippen LogP contribution in [-0.2, 0) is 6.42 Å². The second kappa shape index (κ2) is 5.66. The molecule has 2 heterocycles. The smallest absolute Gasteiger partial charge is 0.356 e. The van der Waals surface area contributed by atoms with Crippen molar-refractivity contribution < 1.29 is 24.5 Å². The van der Waals surface area contributed by atoms with Crippen molar-refractivity contribution in [2.24, 2.45) is 0 Å². The lowest BCUT2D eigenvalue weighted by Crippen LogP contribution is -2.29. The Morgan fingerprint density at radius 2 is 1.74 bits per heavy atom. The number of unbranched alkanes of at least 4 members (excludes halogenated alkanes) is 1. The molecule has 0 saturated heterocycles. The third kappa shape index (κ3) is 3.05.